The van der Waals surface area contributed by atoms with Gasteiger partial charge in [0.25, 0.3) is 0 Å². The van der Waals surface area contributed by atoms with Crippen LogP contribution in [0.2, 0.25) is 5.02 Å². The van der Waals surface area contributed by atoms with Crippen molar-refractivity contribution in [1.82, 2.24) is 5.32 Å². The highest BCUT2D eigenvalue weighted by molar-refractivity contribution is 7.99. The molecule has 0 amide bonds. The van der Waals surface area contributed by atoms with Crippen molar-refractivity contribution in [2.45, 2.75) is 37.1 Å². The van der Waals surface area contributed by atoms with Crippen LogP contribution in [0.25, 0.3) is 0 Å². The van der Waals surface area contributed by atoms with Crippen molar-refractivity contribution >= 4 is 23.4 Å². The molecule has 1 saturated carbocycles. The average molecular weight is 302 g/mol. The van der Waals surface area contributed by atoms with Gasteiger partial charge >= 0.3 is 0 Å². The summed E-state index contributed by atoms with van der Waals surface area (Å²) in [7, 11) is 1.53. The van der Waals surface area contributed by atoms with Crippen LogP contribution in [0.4, 0.5) is 0 Å². The predicted molar refractivity (Wildman–Crippen MR) is 81.5 cm³/mol. The maximum absolute atomic E-state index is 10.1. The fourth-order valence-electron chi connectivity index (χ4n) is 2.51. The molecular formula is C14H20ClNO2S. The van der Waals surface area contributed by atoms with Crippen LogP contribution in [0.3, 0.4) is 0 Å². The number of benzene rings is 1. The van der Waals surface area contributed by atoms with Gasteiger partial charge in [0.05, 0.1) is 7.11 Å². The van der Waals surface area contributed by atoms with Gasteiger partial charge in [-0.2, -0.15) is 11.8 Å². The molecule has 2 N–H and O–H groups in total. The number of aromatic hydroxyl groups is 1. The van der Waals surface area contributed by atoms with Crippen LogP contribution >= 0.6 is 23.4 Å². The Balaban J connectivity index is 1.98. The van der Waals surface area contributed by atoms with Crippen LogP contribution in [0.5, 0.6) is 11.5 Å². The number of methoxy groups -OCH3 is 1. The summed E-state index contributed by atoms with van der Waals surface area (Å²) in [6.07, 6.45) is 5.83. The molecule has 0 spiro atoms. The predicted octanol–water partition coefficient (Wildman–Crippen LogP) is 3.43. The smallest absolute Gasteiger partial charge is 0.162 e. The van der Waals surface area contributed by atoms with Crippen molar-refractivity contribution in [1.29, 1.82) is 0 Å². The zero-order valence-electron chi connectivity index (χ0n) is 11.3. The highest BCUT2D eigenvalue weighted by Gasteiger charge is 2.23. The second-order valence-corrected chi connectivity index (χ2v) is 6.44. The van der Waals surface area contributed by atoms with Gasteiger partial charge in [0.15, 0.2) is 11.5 Å². The Morgan fingerprint density at radius 1 is 1.47 bits per heavy atom. The SMILES string of the molecule is COc1cc(Cl)cc(CNC2CCC(SC)C2)c1O. The maximum Gasteiger partial charge on any atom is 0.162 e. The maximum atomic E-state index is 10.1. The number of nitrogens with one attached hydrogen (secondary N) is 1. The van der Waals surface area contributed by atoms with Gasteiger partial charge in [0, 0.05) is 34.5 Å². The first kappa shape index (κ1) is 14.8. The van der Waals surface area contributed by atoms with Gasteiger partial charge in [-0.15, -0.1) is 0 Å². The van der Waals surface area contributed by atoms with Crippen LogP contribution in [0.15, 0.2) is 12.1 Å². The van der Waals surface area contributed by atoms with Crippen LogP contribution in [-0.4, -0.2) is 29.8 Å². The largest absolute Gasteiger partial charge is 0.504 e. The number of phenolic OH excluding ortho intramolecular Hbond substituents is 1. The number of thioether (sulfide) groups is 1. The van der Waals surface area contributed by atoms with E-state index in [2.05, 4.69) is 11.6 Å². The molecule has 2 atom stereocenters. The van der Waals surface area contributed by atoms with Gasteiger partial charge in [-0.05, 0) is 31.6 Å². The van der Waals surface area contributed by atoms with E-state index in [9.17, 15) is 5.11 Å². The normalized spacial score (nSPS) is 22.7. The van der Waals surface area contributed by atoms with Crippen molar-refractivity contribution in [3.63, 3.8) is 0 Å². The molecule has 3 nitrogen and oxygen atoms in total. The first-order chi connectivity index (χ1) is 9.13. The lowest BCUT2D eigenvalue weighted by Crippen LogP contribution is -2.26. The number of hydrogen-bond donors (Lipinski definition) is 2. The number of halogens is 1. The van der Waals surface area contributed by atoms with Gasteiger partial charge in [0.2, 0.25) is 0 Å². The molecule has 0 aliphatic heterocycles. The van der Waals surface area contributed by atoms with Crippen LogP contribution in [0, 0.1) is 0 Å². The summed E-state index contributed by atoms with van der Waals surface area (Å²) in [5.74, 6) is 0.608. The quantitative estimate of drug-likeness (QED) is 0.874. The summed E-state index contributed by atoms with van der Waals surface area (Å²) in [6, 6.07) is 3.94. The number of ether oxygens (including phenoxy) is 1. The van der Waals surface area contributed by atoms with E-state index in [1.165, 1.54) is 26.4 Å². The highest BCUT2D eigenvalue weighted by atomic mass is 35.5. The summed E-state index contributed by atoms with van der Waals surface area (Å²) >= 11 is 7.96. The van der Waals surface area contributed by atoms with E-state index in [4.69, 9.17) is 16.3 Å². The van der Waals surface area contributed by atoms with Gasteiger partial charge in [-0.25, -0.2) is 0 Å². The minimum Gasteiger partial charge on any atom is -0.504 e. The number of phenols is 1. The standard InChI is InChI=1S/C14H20ClNO2S/c1-18-13-6-10(15)5-9(14(13)17)8-16-11-3-4-12(7-11)19-2/h5-6,11-12,16-17H,3-4,7-8H2,1-2H3. The monoisotopic (exact) mass is 301 g/mol. The molecule has 1 aromatic carbocycles. The molecule has 1 fully saturated rings. The Bertz CT molecular complexity index is 442. The van der Waals surface area contributed by atoms with E-state index in [1.54, 1.807) is 12.1 Å². The molecule has 0 aromatic heterocycles. The Hall–Kier alpha value is -0.580. The summed E-state index contributed by atoms with van der Waals surface area (Å²) < 4.78 is 5.11. The van der Waals surface area contributed by atoms with Gasteiger partial charge in [0.1, 0.15) is 0 Å². The van der Waals surface area contributed by atoms with Gasteiger partial charge in [-0.3, -0.25) is 0 Å². The summed E-state index contributed by atoms with van der Waals surface area (Å²) in [6.45, 7) is 0.620. The third kappa shape index (κ3) is 3.71. The minimum absolute atomic E-state index is 0.179. The molecule has 2 unspecified atom stereocenters. The molecule has 106 valence electrons. The Kier molecular flexibility index (Phi) is 5.25. The summed E-state index contributed by atoms with van der Waals surface area (Å²) in [5, 5.41) is 14.9. The molecule has 0 radical (unpaired) electrons. The number of hydrogen-bond acceptors (Lipinski definition) is 4. The first-order valence-electron chi connectivity index (χ1n) is 6.45. The van der Waals surface area contributed by atoms with Crippen LogP contribution < -0.4 is 10.1 Å². The molecular weight excluding hydrogens is 282 g/mol. The first-order valence-corrected chi connectivity index (χ1v) is 8.12. The van der Waals surface area contributed by atoms with E-state index in [-0.39, 0.29) is 5.75 Å². The summed E-state index contributed by atoms with van der Waals surface area (Å²) in [4.78, 5) is 0. The fourth-order valence-corrected chi connectivity index (χ4v) is 3.54. The van der Waals surface area contributed by atoms with Crippen molar-refractivity contribution < 1.29 is 9.84 Å². The molecule has 1 aliphatic rings. The topological polar surface area (TPSA) is 41.5 Å². The molecule has 5 heteroatoms. The van der Waals surface area contributed by atoms with E-state index in [0.29, 0.717) is 23.4 Å². The Labute approximate surface area is 123 Å². The lowest BCUT2D eigenvalue weighted by atomic mass is 10.1. The molecule has 0 bridgehead atoms. The molecule has 2 rings (SSSR count). The van der Waals surface area contributed by atoms with Crippen molar-refractivity contribution in [2.24, 2.45) is 0 Å². The van der Waals surface area contributed by atoms with Crippen LogP contribution in [-0.2, 0) is 6.54 Å². The average Bonchev–Trinajstić information content (AvgIpc) is 2.87. The number of rotatable bonds is 5. The zero-order valence-corrected chi connectivity index (χ0v) is 12.9. The molecule has 0 heterocycles. The molecule has 1 aliphatic carbocycles. The Morgan fingerprint density at radius 2 is 2.26 bits per heavy atom. The third-order valence-corrected chi connectivity index (χ3v) is 4.95. The van der Waals surface area contributed by atoms with E-state index in [0.717, 1.165) is 10.8 Å². The van der Waals surface area contributed by atoms with Crippen molar-refractivity contribution in [3.05, 3.63) is 22.7 Å². The van der Waals surface area contributed by atoms with Crippen molar-refractivity contribution in [3.8, 4) is 11.5 Å². The van der Waals surface area contributed by atoms with Gasteiger partial charge in [-0.1, -0.05) is 11.6 Å². The van der Waals surface area contributed by atoms with Gasteiger partial charge < -0.3 is 15.2 Å². The molecule has 0 saturated heterocycles. The lowest BCUT2D eigenvalue weighted by Gasteiger charge is -2.15. The second kappa shape index (κ2) is 6.73. The zero-order chi connectivity index (χ0) is 13.8. The van der Waals surface area contributed by atoms with E-state index in [1.807, 2.05) is 11.8 Å². The van der Waals surface area contributed by atoms with Crippen LogP contribution in [0.1, 0.15) is 24.8 Å². The fraction of sp³-hybridized carbons (Fsp3) is 0.571. The highest BCUT2D eigenvalue weighted by Crippen LogP contribution is 2.34. The Morgan fingerprint density at radius 3 is 2.89 bits per heavy atom. The second-order valence-electron chi connectivity index (χ2n) is 4.86. The summed E-state index contributed by atoms with van der Waals surface area (Å²) in [5.41, 5.74) is 0.789. The molecule has 19 heavy (non-hydrogen) atoms. The van der Waals surface area contributed by atoms with Crippen molar-refractivity contribution in [2.75, 3.05) is 13.4 Å². The molecule has 1 aromatic rings. The third-order valence-electron chi connectivity index (χ3n) is 3.64. The minimum atomic E-state index is 0.179. The van der Waals surface area contributed by atoms with E-state index >= 15 is 0 Å². The van der Waals surface area contributed by atoms with E-state index < -0.39 is 0 Å². The lowest BCUT2D eigenvalue weighted by molar-refractivity contribution is 0.368.